The van der Waals surface area contributed by atoms with Crippen molar-refractivity contribution < 1.29 is 9.13 Å². The van der Waals surface area contributed by atoms with Gasteiger partial charge in [-0.25, -0.2) is 10.2 Å². The minimum absolute atomic E-state index is 0.307. The summed E-state index contributed by atoms with van der Waals surface area (Å²) in [5.74, 6) is 5.24. The highest BCUT2D eigenvalue weighted by atomic mass is 79.9. The Bertz CT molecular complexity index is 414. The third-order valence-electron chi connectivity index (χ3n) is 2.10. The Labute approximate surface area is 114 Å². The molecule has 1 rings (SSSR count). The van der Waals surface area contributed by atoms with Gasteiger partial charge in [0.15, 0.2) is 0 Å². The van der Waals surface area contributed by atoms with E-state index < -0.39 is 0 Å². The number of methoxy groups -OCH3 is 1. The molecular formula is C11H16BrFN4O. The quantitative estimate of drug-likeness (QED) is 0.255. The Kier molecular flexibility index (Phi) is 6.63. The highest BCUT2D eigenvalue weighted by Gasteiger charge is 2.04. The van der Waals surface area contributed by atoms with Gasteiger partial charge in [0.05, 0.1) is 5.69 Å². The maximum atomic E-state index is 13.6. The predicted molar refractivity (Wildman–Crippen MR) is 73.8 cm³/mol. The molecule has 1 aromatic rings. The van der Waals surface area contributed by atoms with E-state index in [4.69, 9.17) is 10.6 Å². The van der Waals surface area contributed by atoms with E-state index in [0.717, 1.165) is 6.42 Å². The average molecular weight is 319 g/mol. The van der Waals surface area contributed by atoms with Gasteiger partial charge in [0.25, 0.3) is 0 Å². The molecule has 18 heavy (non-hydrogen) atoms. The molecule has 5 nitrogen and oxygen atoms in total. The second-order valence-electron chi connectivity index (χ2n) is 3.47. The molecule has 0 aromatic heterocycles. The SMILES string of the molecule is COCCCN=C(NN)Nc1ccc(Br)cc1F. The molecule has 1 aromatic carbocycles. The van der Waals surface area contributed by atoms with Gasteiger partial charge in [-0.05, 0) is 24.6 Å². The monoisotopic (exact) mass is 318 g/mol. The summed E-state index contributed by atoms with van der Waals surface area (Å²) in [5.41, 5.74) is 2.70. The van der Waals surface area contributed by atoms with E-state index in [0.29, 0.717) is 29.3 Å². The topological polar surface area (TPSA) is 71.7 Å². The molecule has 0 amide bonds. The molecule has 0 saturated carbocycles. The van der Waals surface area contributed by atoms with Crippen molar-refractivity contribution in [2.45, 2.75) is 6.42 Å². The first kappa shape index (κ1) is 14.9. The van der Waals surface area contributed by atoms with Crippen LogP contribution in [0, 0.1) is 5.82 Å². The number of halogens is 2. The number of guanidine groups is 1. The molecule has 0 saturated heterocycles. The van der Waals surface area contributed by atoms with E-state index >= 15 is 0 Å². The number of rotatable bonds is 5. The number of nitrogens with two attached hydrogens (primary N) is 1. The van der Waals surface area contributed by atoms with Crippen molar-refractivity contribution in [2.75, 3.05) is 25.6 Å². The molecule has 0 aliphatic heterocycles. The Hall–Kier alpha value is -1.18. The summed E-state index contributed by atoms with van der Waals surface area (Å²) in [5, 5.41) is 2.78. The summed E-state index contributed by atoms with van der Waals surface area (Å²) in [4.78, 5) is 4.15. The molecule has 0 unspecified atom stereocenters. The lowest BCUT2D eigenvalue weighted by molar-refractivity contribution is 0.197. The van der Waals surface area contributed by atoms with E-state index in [1.807, 2.05) is 0 Å². The van der Waals surface area contributed by atoms with Crippen molar-refractivity contribution in [3.63, 3.8) is 0 Å². The first-order chi connectivity index (χ1) is 8.67. The number of hydrogen-bond acceptors (Lipinski definition) is 3. The predicted octanol–water partition coefficient (Wildman–Crippen LogP) is 1.86. The molecule has 0 fully saturated rings. The van der Waals surface area contributed by atoms with E-state index in [-0.39, 0.29) is 5.82 Å². The molecule has 100 valence electrons. The standard InChI is InChI=1S/C11H16BrFN4O/c1-18-6-2-5-15-11(17-14)16-10-4-3-8(12)7-9(10)13/h3-4,7H,2,5-6,14H2,1H3,(H2,15,16,17). The number of ether oxygens (including phenoxy) is 1. The number of nitrogens with one attached hydrogen (secondary N) is 2. The van der Waals surface area contributed by atoms with Crippen LogP contribution in [-0.2, 0) is 4.74 Å². The average Bonchev–Trinajstić information content (AvgIpc) is 2.35. The Morgan fingerprint density at radius 2 is 2.33 bits per heavy atom. The highest BCUT2D eigenvalue weighted by Crippen LogP contribution is 2.19. The molecule has 0 heterocycles. The van der Waals surface area contributed by atoms with Crippen LogP contribution in [0.1, 0.15) is 6.42 Å². The van der Waals surface area contributed by atoms with E-state index in [9.17, 15) is 4.39 Å². The Morgan fingerprint density at radius 1 is 1.56 bits per heavy atom. The van der Waals surface area contributed by atoms with Crippen LogP contribution < -0.4 is 16.6 Å². The maximum absolute atomic E-state index is 13.6. The highest BCUT2D eigenvalue weighted by molar-refractivity contribution is 9.10. The lowest BCUT2D eigenvalue weighted by Gasteiger charge is -2.10. The van der Waals surface area contributed by atoms with Gasteiger partial charge in [0.2, 0.25) is 5.96 Å². The van der Waals surface area contributed by atoms with Gasteiger partial charge in [-0.1, -0.05) is 15.9 Å². The fourth-order valence-electron chi connectivity index (χ4n) is 1.24. The number of benzene rings is 1. The van der Waals surface area contributed by atoms with Crippen LogP contribution in [0.3, 0.4) is 0 Å². The third-order valence-corrected chi connectivity index (χ3v) is 2.59. The van der Waals surface area contributed by atoms with Crippen LogP contribution in [0.2, 0.25) is 0 Å². The second-order valence-corrected chi connectivity index (χ2v) is 4.39. The largest absolute Gasteiger partial charge is 0.385 e. The zero-order valence-electron chi connectivity index (χ0n) is 10.0. The van der Waals surface area contributed by atoms with Crippen LogP contribution >= 0.6 is 15.9 Å². The number of hydrogen-bond donors (Lipinski definition) is 3. The smallest absolute Gasteiger partial charge is 0.210 e. The summed E-state index contributed by atoms with van der Waals surface area (Å²) >= 11 is 3.19. The molecule has 0 aliphatic carbocycles. The number of anilines is 1. The minimum atomic E-state index is -0.385. The molecule has 0 bridgehead atoms. The number of nitrogens with zero attached hydrogens (tertiary/aromatic N) is 1. The van der Waals surface area contributed by atoms with Crippen molar-refractivity contribution >= 4 is 27.6 Å². The normalized spacial score (nSPS) is 11.4. The van der Waals surface area contributed by atoms with Crippen molar-refractivity contribution in [2.24, 2.45) is 10.8 Å². The molecule has 0 atom stereocenters. The van der Waals surface area contributed by atoms with Gasteiger partial charge in [-0.2, -0.15) is 0 Å². The fraction of sp³-hybridized carbons (Fsp3) is 0.364. The number of hydrazine groups is 1. The lowest BCUT2D eigenvalue weighted by atomic mass is 10.3. The summed E-state index contributed by atoms with van der Waals surface area (Å²) in [6.07, 6.45) is 0.770. The summed E-state index contributed by atoms with van der Waals surface area (Å²) in [6.45, 7) is 1.16. The van der Waals surface area contributed by atoms with Gasteiger partial charge in [0.1, 0.15) is 5.82 Å². The van der Waals surface area contributed by atoms with Crippen LogP contribution in [0.15, 0.2) is 27.7 Å². The maximum Gasteiger partial charge on any atom is 0.210 e. The molecule has 7 heteroatoms. The molecule has 0 aliphatic rings. The first-order valence-corrected chi connectivity index (χ1v) is 6.18. The Balaban J connectivity index is 2.61. The summed E-state index contributed by atoms with van der Waals surface area (Å²) < 4.78 is 19.1. The van der Waals surface area contributed by atoms with Gasteiger partial charge < -0.3 is 10.1 Å². The van der Waals surface area contributed by atoms with Crippen molar-refractivity contribution in [1.29, 1.82) is 0 Å². The van der Waals surface area contributed by atoms with E-state index in [2.05, 4.69) is 31.7 Å². The van der Waals surface area contributed by atoms with Crippen LogP contribution in [0.4, 0.5) is 10.1 Å². The van der Waals surface area contributed by atoms with Gasteiger partial charge >= 0.3 is 0 Å². The third kappa shape index (κ3) is 4.99. The van der Waals surface area contributed by atoms with Crippen molar-refractivity contribution in [3.8, 4) is 0 Å². The Morgan fingerprint density at radius 3 is 2.94 bits per heavy atom. The lowest BCUT2D eigenvalue weighted by Crippen LogP contribution is -2.36. The molecule has 0 spiro atoms. The van der Waals surface area contributed by atoms with Gasteiger partial charge in [0, 0.05) is 24.7 Å². The zero-order valence-corrected chi connectivity index (χ0v) is 11.6. The molecule has 0 radical (unpaired) electrons. The second kappa shape index (κ2) is 8.02. The molecule has 4 N–H and O–H groups in total. The summed E-state index contributed by atoms with van der Waals surface area (Å²) in [6, 6.07) is 4.69. The van der Waals surface area contributed by atoms with Crippen molar-refractivity contribution in [3.05, 3.63) is 28.5 Å². The van der Waals surface area contributed by atoms with Gasteiger partial charge in [-0.15, -0.1) is 0 Å². The molecular weight excluding hydrogens is 303 g/mol. The van der Waals surface area contributed by atoms with Crippen LogP contribution in [-0.4, -0.2) is 26.2 Å². The van der Waals surface area contributed by atoms with Crippen LogP contribution in [0.25, 0.3) is 0 Å². The fourth-order valence-corrected chi connectivity index (χ4v) is 1.57. The number of aliphatic imine (C=N–C) groups is 1. The zero-order chi connectivity index (χ0) is 13.4. The van der Waals surface area contributed by atoms with Gasteiger partial charge in [-0.3, -0.25) is 10.4 Å². The van der Waals surface area contributed by atoms with E-state index in [1.165, 1.54) is 6.07 Å². The summed E-state index contributed by atoms with van der Waals surface area (Å²) in [7, 11) is 1.63. The minimum Gasteiger partial charge on any atom is -0.385 e. The van der Waals surface area contributed by atoms with Crippen LogP contribution in [0.5, 0.6) is 0 Å². The van der Waals surface area contributed by atoms with Crippen molar-refractivity contribution in [1.82, 2.24) is 5.43 Å². The first-order valence-electron chi connectivity index (χ1n) is 5.39. The van der Waals surface area contributed by atoms with E-state index in [1.54, 1.807) is 19.2 Å².